The first-order chi connectivity index (χ1) is 12.9. The Morgan fingerprint density at radius 1 is 0.889 bits per heavy atom. The van der Waals surface area contributed by atoms with E-state index in [0.29, 0.717) is 11.3 Å². The topological polar surface area (TPSA) is 75.3 Å². The number of hydrogen-bond donors (Lipinski definition) is 2. The lowest BCUT2D eigenvalue weighted by atomic mass is 10.2. The molecule has 3 aromatic carbocycles. The molecule has 0 saturated carbocycles. The highest BCUT2D eigenvalue weighted by Crippen LogP contribution is 2.16. The first-order valence-electron chi connectivity index (χ1n) is 8.15. The van der Waals surface area contributed by atoms with Crippen LogP contribution in [0.25, 0.3) is 0 Å². The van der Waals surface area contributed by atoms with Crippen molar-refractivity contribution >= 4 is 44.2 Å². The third-order valence-electron chi connectivity index (χ3n) is 3.82. The van der Waals surface area contributed by atoms with Crippen molar-refractivity contribution in [2.45, 2.75) is 11.4 Å². The van der Waals surface area contributed by atoms with Gasteiger partial charge in [-0.05, 0) is 70.6 Å². The summed E-state index contributed by atoms with van der Waals surface area (Å²) in [5.74, 6) is -0.244. The van der Waals surface area contributed by atoms with Gasteiger partial charge in [0.05, 0.1) is 4.90 Å². The maximum atomic E-state index is 12.4. The summed E-state index contributed by atoms with van der Waals surface area (Å²) in [6, 6.07) is 22.6. The molecule has 138 valence electrons. The number of amides is 1. The molecule has 0 aromatic heterocycles. The molecule has 0 radical (unpaired) electrons. The molecule has 0 aliphatic rings. The maximum Gasteiger partial charge on any atom is 0.255 e. The molecular weight excluding hydrogens is 475 g/mol. The predicted octanol–water partition coefficient (Wildman–Crippen LogP) is 4.02. The molecule has 1 amide bonds. The lowest BCUT2D eigenvalue weighted by Crippen LogP contribution is -2.23. The van der Waals surface area contributed by atoms with Crippen LogP contribution in [0.15, 0.2) is 83.8 Å². The van der Waals surface area contributed by atoms with Gasteiger partial charge in [-0.2, -0.15) is 0 Å². The molecule has 0 spiro atoms. The monoisotopic (exact) mass is 492 g/mol. The molecule has 27 heavy (non-hydrogen) atoms. The second-order valence-corrected chi connectivity index (χ2v) is 8.81. The van der Waals surface area contributed by atoms with E-state index in [1.807, 2.05) is 42.5 Å². The largest absolute Gasteiger partial charge is 0.322 e. The van der Waals surface area contributed by atoms with E-state index in [2.05, 4.69) is 32.6 Å². The van der Waals surface area contributed by atoms with Gasteiger partial charge in [0.2, 0.25) is 10.0 Å². The molecule has 0 aliphatic heterocycles. The molecule has 0 saturated heterocycles. The lowest BCUT2D eigenvalue weighted by Gasteiger charge is -2.09. The van der Waals surface area contributed by atoms with Crippen molar-refractivity contribution in [2.24, 2.45) is 0 Å². The van der Waals surface area contributed by atoms with Gasteiger partial charge in [0.1, 0.15) is 0 Å². The van der Waals surface area contributed by atoms with Crippen LogP contribution in [-0.2, 0) is 16.6 Å². The van der Waals surface area contributed by atoms with Crippen molar-refractivity contribution in [3.63, 3.8) is 0 Å². The van der Waals surface area contributed by atoms with Gasteiger partial charge in [-0.1, -0.05) is 36.4 Å². The number of rotatable bonds is 6. The molecule has 0 aliphatic carbocycles. The molecule has 3 rings (SSSR count). The summed E-state index contributed by atoms with van der Waals surface area (Å²) in [6.45, 7) is 0.217. The van der Waals surface area contributed by atoms with Gasteiger partial charge in [-0.3, -0.25) is 4.79 Å². The van der Waals surface area contributed by atoms with Crippen molar-refractivity contribution in [1.29, 1.82) is 0 Å². The van der Waals surface area contributed by atoms with Crippen LogP contribution in [0.1, 0.15) is 15.9 Å². The van der Waals surface area contributed by atoms with Crippen LogP contribution >= 0.6 is 22.6 Å². The third-order valence-corrected chi connectivity index (χ3v) is 5.91. The molecule has 0 fully saturated rings. The van der Waals surface area contributed by atoms with Gasteiger partial charge >= 0.3 is 0 Å². The quantitative estimate of drug-likeness (QED) is 0.511. The molecule has 2 N–H and O–H groups in total. The third kappa shape index (κ3) is 5.38. The number of hydrogen-bond acceptors (Lipinski definition) is 3. The van der Waals surface area contributed by atoms with Crippen LogP contribution < -0.4 is 10.0 Å². The van der Waals surface area contributed by atoms with Gasteiger partial charge < -0.3 is 5.32 Å². The van der Waals surface area contributed by atoms with E-state index in [0.717, 1.165) is 9.13 Å². The zero-order valence-electron chi connectivity index (χ0n) is 14.2. The Morgan fingerprint density at radius 2 is 1.59 bits per heavy atom. The van der Waals surface area contributed by atoms with E-state index in [4.69, 9.17) is 0 Å². The fourth-order valence-corrected chi connectivity index (χ4v) is 3.97. The van der Waals surface area contributed by atoms with Gasteiger partial charge in [-0.25, -0.2) is 13.1 Å². The first kappa shape index (κ1) is 19.5. The Balaban J connectivity index is 1.66. The number of carbonyl (C=O) groups excluding carboxylic acids is 1. The summed E-state index contributed by atoms with van der Waals surface area (Å²) in [5, 5.41) is 2.76. The zero-order chi connectivity index (χ0) is 19.3. The highest BCUT2D eigenvalue weighted by Gasteiger charge is 2.14. The fourth-order valence-electron chi connectivity index (χ4n) is 2.41. The van der Waals surface area contributed by atoms with Crippen LogP contribution in [-0.4, -0.2) is 14.3 Å². The summed E-state index contributed by atoms with van der Waals surface area (Å²) < 4.78 is 28.3. The highest BCUT2D eigenvalue weighted by atomic mass is 127. The molecule has 7 heteroatoms. The smallest absolute Gasteiger partial charge is 0.255 e. The van der Waals surface area contributed by atoms with Gasteiger partial charge in [0.15, 0.2) is 0 Å². The lowest BCUT2D eigenvalue weighted by molar-refractivity contribution is 0.102. The van der Waals surface area contributed by atoms with E-state index in [-0.39, 0.29) is 17.3 Å². The van der Waals surface area contributed by atoms with Crippen LogP contribution in [0.3, 0.4) is 0 Å². The Labute approximate surface area is 172 Å². The van der Waals surface area contributed by atoms with Crippen molar-refractivity contribution in [3.05, 3.63) is 93.6 Å². The number of benzene rings is 3. The van der Waals surface area contributed by atoms with Crippen molar-refractivity contribution in [1.82, 2.24) is 4.72 Å². The standard InChI is InChI=1S/C20H17IN2O3S/c21-17-8-4-7-16(13-17)20(24)23-18-9-11-19(12-10-18)27(25,26)22-14-15-5-2-1-3-6-15/h1-13,22H,14H2,(H,23,24). The molecule has 0 bridgehead atoms. The number of carbonyl (C=O) groups is 1. The van der Waals surface area contributed by atoms with Crippen LogP contribution in [0, 0.1) is 3.57 Å². The number of sulfonamides is 1. The van der Waals surface area contributed by atoms with Crippen LogP contribution in [0.5, 0.6) is 0 Å². The van der Waals surface area contributed by atoms with Gasteiger partial charge in [0.25, 0.3) is 5.91 Å². The number of nitrogens with one attached hydrogen (secondary N) is 2. The minimum atomic E-state index is -3.63. The second kappa shape index (κ2) is 8.64. The average Bonchev–Trinajstić information content (AvgIpc) is 2.68. The minimum absolute atomic E-state index is 0.144. The van der Waals surface area contributed by atoms with Gasteiger partial charge in [0, 0.05) is 21.4 Å². The Kier molecular flexibility index (Phi) is 6.25. The molecule has 0 heterocycles. The van der Waals surface area contributed by atoms with Crippen LogP contribution in [0.2, 0.25) is 0 Å². The second-order valence-electron chi connectivity index (χ2n) is 5.80. The minimum Gasteiger partial charge on any atom is -0.322 e. The summed E-state index contributed by atoms with van der Waals surface area (Å²) >= 11 is 2.14. The molecule has 5 nitrogen and oxygen atoms in total. The maximum absolute atomic E-state index is 12.4. The van der Waals surface area contributed by atoms with E-state index in [9.17, 15) is 13.2 Å². The predicted molar refractivity (Wildman–Crippen MR) is 114 cm³/mol. The summed E-state index contributed by atoms with van der Waals surface area (Å²) in [6.07, 6.45) is 0. The first-order valence-corrected chi connectivity index (χ1v) is 10.7. The average molecular weight is 492 g/mol. The van der Waals surface area contributed by atoms with Gasteiger partial charge in [-0.15, -0.1) is 0 Å². The summed E-state index contributed by atoms with van der Waals surface area (Å²) in [5.41, 5.74) is 1.95. The highest BCUT2D eigenvalue weighted by molar-refractivity contribution is 14.1. The van der Waals surface area contributed by atoms with Crippen molar-refractivity contribution in [3.8, 4) is 0 Å². The van der Waals surface area contributed by atoms with Crippen molar-refractivity contribution < 1.29 is 13.2 Å². The SMILES string of the molecule is O=C(Nc1ccc(S(=O)(=O)NCc2ccccc2)cc1)c1cccc(I)c1. The van der Waals surface area contributed by atoms with E-state index in [1.165, 1.54) is 12.1 Å². The van der Waals surface area contributed by atoms with Crippen molar-refractivity contribution in [2.75, 3.05) is 5.32 Å². The summed E-state index contributed by atoms with van der Waals surface area (Å²) in [4.78, 5) is 12.4. The summed E-state index contributed by atoms with van der Waals surface area (Å²) in [7, 11) is -3.63. The van der Waals surface area contributed by atoms with E-state index in [1.54, 1.807) is 24.3 Å². The molecule has 0 unspecified atom stereocenters. The Hall–Kier alpha value is -2.23. The number of anilines is 1. The van der Waals surface area contributed by atoms with Crippen LogP contribution in [0.4, 0.5) is 5.69 Å². The Morgan fingerprint density at radius 3 is 2.26 bits per heavy atom. The fraction of sp³-hybridized carbons (Fsp3) is 0.0500. The molecular formula is C20H17IN2O3S. The Bertz CT molecular complexity index is 1040. The van der Waals surface area contributed by atoms with E-state index >= 15 is 0 Å². The molecule has 0 atom stereocenters. The zero-order valence-corrected chi connectivity index (χ0v) is 17.2. The van der Waals surface area contributed by atoms with E-state index < -0.39 is 10.0 Å². The number of halogens is 1. The molecule has 3 aromatic rings. The normalized spacial score (nSPS) is 11.1.